The van der Waals surface area contributed by atoms with Crippen LogP contribution in [-0.2, 0) is 6.42 Å². The number of para-hydroxylation sites is 1. The first kappa shape index (κ1) is 14.0. The highest BCUT2D eigenvalue weighted by atomic mass is 16.5. The van der Waals surface area contributed by atoms with Gasteiger partial charge in [-0.1, -0.05) is 32.0 Å². The van der Waals surface area contributed by atoms with Crippen LogP contribution in [-0.4, -0.2) is 19.7 Å². The van der Waals surface area contributed by atoms with Gasteiger partial charge in [0.05, 0.1) is 7.11 Å². The molecule has 0 aliphatic heterocycles. The van der Waals surface area contributed by atoms with E-state index < -0.39 is 0 Å². The summed E-state index contributed by atoms with van der Waals surface area (Å²) in [4.78, 5) is 0. The molecule has 2 heteroatoms. The van der Waals surface area contributed by atoms with E-state index in [0.29, 0.717) is 6.04 Å². The Balaban J connectivity index is 2.39. The second-order valence-corrected chi connectivity index (χ2v) is 4.37. The third kappa shape index (κ3) is 4.78. The minimum atomic E-state index is 0.662. The molecule has 0 bridgehead atoms. The van der Waals surface area contributed by atoms with Gasteiger partial charge in [0.1, 0.15) is 5.75 Å². The van der Waals surface area contributed by atoms with Gasteiger partial charge in [-0.2, -0.15) is 0 Å². The second-order valence-electron chi connectivity index (χ2n) is 4.37. The Labute approximate surface area is 105 Å². The van der Waals surface area contributed by atoms with Crippen molar-refractivity contribution in [3.8, 4) is 5.75 Å². The maximum atomic E-state index is 5.36. The molecule has 0 aliphatic carbocycles. The number of aryl methyl sites for hydroxylation is 1. The first-order valence-electron chi connectivity index (χ1n) is 6.67. The van der Waals surface area contributed by atoms with Crippen LogP contribution in [0.3, 0.4) is 0 Å². The van der Waals surface area contributed by atoms with Crippen molar-refractivity contribution < 1.29 is 4.74 Å². The molecule has 1 rings (SSSR count). The summed E-state index contributed by atoms with van der Waals surface area (Å²) < 4.78 is 5.36. The quantitative estimate of drug-likeness (QED) is 0.745. The van der Waals surface area contributed by atoms with E-state index >= 15 is 0 Å². The Morgan fingerprint density at radius 3 is 2.65 bits per heavy atom. The highest BCUT2D eigenvalue weighted by Gasteiger charge is 2.06. The van der Waals surface area contributed by atoms with Crippen LogP contribution in [0, 0.1) is 0 Å². The summed E-state index contributed by atoms with van der Waals surface area (Å²) in [5.74, 6) is 1.02. The Kier molecular flexibility index (Phi) is 6.71. The number of hydrogen-bond donors (Lipinski definition) is 1. The number of hydrogen-bond acceptors (Lipinski definition) is 2. The SMILES string of the molecule is CCNC(CC)CCCc1ccccc1OC. The van der Waals surface area contributed by atoms with Crippen molar-refractivity contribution in [2.45, 2.75) is 45.6 Å². The molecular weight excluding hydrogens is 210 g/mol. The summed E-state index contributed by atoms with van der Waals surface area (Å²) in [5, 5.41) is 3.52. The predicted molar refractivity (Wildman–Crippen MR) is 73.7 cm³/mol. The standard InChI is InChI=1S/C15H25NO/c1-4-14(16-5-2)11-8-10-13-9-6-7-12-15(13)17-3/h6-7,9,12,14,16H,4-5,8,10-11H2,1-3H3. The van der Waals surface area contributed by atoms with E-state index in [0.717, 1.165) is 18.7 Å². The highest BCUT2D eigenvalue weighted by molar-refractivity contribution is 5.33. The Morgan fingerprint density at radius 2 is 2.00 bits per heavy atom. The molecule has 0 radical (unpaired) electrons. The van der Waals surface area contributed by atoms with Gasteiger partial charge >= 0.3 is 0 Å². The lowest BCUT2D eigenvalue weighted by atomic mass is 10.0. The van der Waals surface area contributed by atoms with Gasteiger partial charge < -0.3 is 10.1 Å². The van der Waals surface area contributed by atoms with Gasteiger partial charge in [0.2, 0.25) is 0 Å². The van der Waals surface area contributed by atoms with Crippen LogP contribution in [0.5, 0.6) is 5.75 Å². The zero-order valence-corrected chi connectivity index (χ0v) is 11.3. The Hall–Kier alpha value is -1.02. The van der Waals surface area contributed by atoms with Gasteiger partial charge in [-0.3, -0.25) is 0 Å². The molecule has 96 valence electrons. The van der Waals surface area contributed by atoms with Gasteiger partial charge in [-0.15, -0.1) is 0 Å². The van der Waals surface area contributed by atoms with Crippen molar-refractivity contribution in [1.29, 1.82) is 0 Å². The van der Waals surface area contributed by atoms with E-state index in [4.69, 9.17) is 4.74 Å². The second kappa shape index (κ2) is 8.13. The average Bonchev–Trinajstić information content (AvgIpc) is 2.38. The maximum Gasteiger partial charge on any atom is 0.122 e. The normalized spacial score (nSPS) is 12.4. The predicted octanol–water partition coefficient (Wildman–Crippen LogP) is 3.41. The Morgan fingerprint density at radius 1 is 1.24 bits per heavy atom. The van der Waals surface area contributed by atoms with E-state index in [1.807, 2.05) is 12.1 Å². The fourth-order valence-corrected chi connectivity index (χ4v) is 2.19. The van der Waals surface area contributed by atoms with Crippen LogP contribution in [0.25, 0.3) is 0 Å². The van der Waals surface area contributed by atoms with E-state index in [2.05, 4.69) is 31.3 Å². The molecule has 0 fully saturated rings. The lowest BCUT2D eigenvalue weighted by molar-refractivity contribution is 0.407. The molecule has 0 aliphatic rings. The van der Waals surface area contributed by atoms with Crippen molar-refractivity contribution in [2.75, 3.05) is 13.7 Å². The summed E-state index contributed by atoms with van der Waals surface area (Å²) >= 11 is 0. The first-order chi connectivity index (χ1) is 8.31. The summed E-state index contributed by atoms with van der Waals surface area (Å²) in [6, 6.07) is 8.97. The summed E-state index contributed by atoms with van der Waals surface area (Å²) in [6.07, 6.45) is 4.76. The molecule has 1 atom stereocenters. The fraction of sp³-hybridized carbons (Fsp3) is 0.600. The first-order valence-corrected chi connectivity index (χ1v) is 6.67. The van der Waals surface area contributed by atoms with Crippen LogP contribution in [0.2, 0.25) is 0 Å². The van der Waals surface area contributed by atoms with Gasteiger partial charge in [0.25, 0.3) is 0 Å². The fourth-order valence-electron chi connectivity index (χ4n) is 2.19. The van der Waals surface area contributed by atoms with Crippen LogP contribution in [0.4, 0.5) is 0 Å². The monoisotopic (exact) mass is 235 g/mol. The summed E-state index contributed by atoms with van der Waals surface area (Å²) in [7, 11) is 1.74. The van der Waals surface area contributed by atoms with Gasteiger partial charge in [-0.05, 0) is 43.9 Å². The van der Waals surface area contributed by atoms with Crippen molar-refractivity contribution in [1.82, 2.24) is 5.32 Å². The molecule has 1 aromatic carbocycles. The van der Waals surface area contributed by atoms with E-state index in [1.54, 1.807) is 7.11 Å². The van der Waals surface area contributed by atoms with Gasteiger partial charge in [0, 0.05) is 6.04 Å². The minimum absolute atomic E-state index is 0.662. The molecule has 0 aromatic heterocycles. The van der Waals surface area contributed by atoms with Gasteiger partial charge in [-0.25, -0.2) is 0 Å². The molecule has 1 unspecified atom stereocenters. The zero-order valence-electron chi connectivity index (χ0n) is 11.3. The Bertz CT molecular complexity index is 312. The molecule has 1 N–H and O–H groups in total. The molecule has 17 heavy (non-hydrogen) atoms. The van der Waals surface area contributed by atoms with Crippen LogP contribution >= 0.6 is 0 Å². The molecule has 0 saturated carbocycles. The molecule has 0 amide bonds. The minimum Gasteiger partial charge on any atom is -0.496 e. The highest BCUT2D eigenvalue weighted by Crippen LogP contribution is 2.19. The third-order valence-electron chi connectivity index (χ3n) is 3.18. The van der Waals surface area contributed by atoms with Crippen LogP contribution in [0.1, 0.15) is 38.7 Å². The summed E-state index contributed by atoms with van der Waals surface area (Å²) in [5.41, 5.74) is 1.32. The smallest absolute Gasteiger partial charge is 0.122 e. The third-order valence-corrected chi connectivity index (χ3v) is 3.18. The van der Waals surface area contributed by atoms with Crippen molar-refractivity contribution in [3.05, 3.63) is 29.8 Å². The molecule has 2 nitrogen and oxygen atoms in total. The lowest BCUT2D eigenvalue weighted by Gasteiger charge is -2.15. The molecule has 0 heterocycles. The topological polar surface area (TPSA) is 21.3 Å². The number of ether oxygens (including phenoxy) is 1. The number of rotatable bonds is 8. The summed E-state index contributed by atoms with van der Waals surface area (Å²) in [6.45, 7) is 5.48. The van der Waals surface area contributed by atoms with Crippen molar-refractivity contribution >= 4 is 0 Å². The maximum absolute atomic E-state index is 5.36. The average molecular weight is 235 g/mol. The number of methoxy groups -OCH3 is 1. The van der Waals surface area contributed by atoms with E-state index in [9.17, 15) is 0 Å². The number of nitrogens with one attached hydrogen (secondary N) is 1. The largest absolute Gasteiger partial charge is 0.496 e. The van der Waals surface area contributed by atoms with Crippen LogP contribution in [0.15, 0.2) is 24.3 Å². The zero-order chi connectivity index (χ0) is 12.5. The van der Waals surface area contributed by atoms with E-state index in [1.165, 1.54) is 24.8 Å². The van der Waals surface area contributed by atoms with Crippen molar-refractivity contribution in [3.63, 3.8) is 0 Å². The molecule has 0 spiro atoms. The molecular formula is C15H25NO. The van der Waals surface area contributed by atoms with Gasteiger partial charge in [0.15, 0.2) is 0 Å². The lowest BCUT2D eigenvalue weighted by Crippen LogP contribution is -2.28. The molecule has 0 saturated heterocycles. The van der Waals surface area contributed by atoms with Crippen LogP contribution < -0.4 is 10.1 Å². The van der Waals surface area contributed by atoms with Crippen molar-refractivity contribution in [2.24, 2.45) is 0 Å². The van der Waals surface area contributed by atoms with E-state index in [-0.39, 0.29) is 0 Å². The molecule has 1 aromatic rings. The number of benzene rings is 1.